The predicted octanol–water partition coefficient (Wildman–Crippen LogP) is 3.64. The first-order valence-electron chi connectivity index (χ1n) is 8.14. The molecule has 0 bridgehead atoms. The summed E-state index contributed by atoms with van der Waals surface area (Å²) in [6.07, 6.45) is 0. The molecule has 0 saturated carbocycles. The summed E-state index contributed by atoms with van der Waals surface area (Å²) < 4.78 is 5.46. The highest BCUT2D eigenvalue weighted by atomic mass is 16.3. The van der Waals surface area contributed by atoms with E-state index >= 15 is 0 Å². The molecule has 0 aliphatic rings. The van der Waals surface area contributed by atoms with E-state index < -0.39 is 0 Å². The molecule has 0 spiro atoms. The van der Waals surface area contributed by atoms with Crippen LogP contribution in [0.25, 0.3) is 11.1 Å². The van der Waals surface area contributed by atoms with Crippen molar-refractivity contribution in [2.75, 3.05) is 29.6 Å². The van der Waals surface area contributed by atoms with Gasteiger partial charge in [-0.25, -0.2) is 4.98 Å². The zero-order chi connectivity index (χ0) is 18.0. The van der Waals surface area contributed by atoms with Crippen molar-refractivity contribution in [2.24, 2.45) is 0 Å². The molecule has 130 valence electrons. The van der Waals surface area contributed by atoms with Crippen molar-refractivity contribution >= 4 is 34.1 Å². The minimum atomic E-state index is -0.390. The Kier molecular flexibility index (Phi) is 4.61. The Balaban J connectivity index is 1.64. The molecular weight excluding hydrogens is 316 g/mol. The van der Waals surface area contributed by atoms with Gasteiger partial charge in [0.2, 0.25) is 5.91 Å². The van der Waals surface area contributed by atoms with Gasteiger partial charge in [0.05, 0.1) is 0 Å². The molecule has 2 N–H and O–H groups in total. The third-order valence-electron chi connectivity index (χ3n) is 3.92. The van der Waals surface area contributed by atoms with Crippen molar-refractivity contribution in [2.45, 2.75) is 19.9 Å². The van der Waals surface area contributed by atoms with Gasteiger partial charge >= 0.3 is 0 Å². The van der Waals surface area contributed by atoms with Crippen LogP contribution in [0.5, 0.6) is 0 Å². The summed E-state index contributed by atoms with van der Waals surface area (Å²) in [5.74, 6) is 0.521. The molecule has 3 rings (SSSR count). The van der Waals surface area contributed by atoms with Gasteiger partial charge in [0.1, 0.15) is 11.6 Å². The zero-order valence-electron chi connectivity index (χ0n) is 14.8. The Labute approximate surface area is 146 Å². The summed E-state index contributed by atoms with van der Waals surface area (Å²) in [6, 6.07) is 12.9. The van der Waals surface area contributed by atoms with Gasteiger partial charge in [-0.3, -0.25) is 4.79 Å². The topological polar surface area (TPSA) is 70.4 Å². The van der Waals surface area contributed by atoms with E-state index in [9.17, 15) is 4.79 Å². The molecule has 0 saturated heterocycles. The highest BCUT2D eigenvalue weighted by molar-refractivity contribution is 5.96. The fraction of sp³-hybridized carbons (Fsp3) is 0.263. The van der Waals surface area contributed by atoms with Crippen molar-refractivity contribution in [1.82, 2.24) is 4.98 Å². The third kappa shape index (κ3) is 3.91. The van der Waals surface area contributed by atoms with Gasteiger partial charge in [-0.15, -0.1) is 0 Å². The molecule has 25 heavy (non-hydrogen) atoms. The number of fused-ring (bicyclic) bond motifs is 1. The quantitative estimate of drug-likeness (QED) is 0.743. The van der Waals surface area contributed by atoms with Crippen LogP contribution in [0.2, 0.25) is 0 Å². The molecule has 1 atom stereocenters. The van der Waals surface area contributed by atoms with E-state index in [1.54, 1.807) is 0 Å². The van der Waals surface area contributed by atoms with Crippen LogP contribution < -0.4 is 15.5 Å². The number of aryl methyl sites for hydroxylation is 1. The standard InChI is InChI=1S/C19H22N4O2/c1-12(19(24)22-14-5-8-16(9-6-14)23(3)4)20-15-7-10-18-17(11-15)21-13(2)25-18/h5-12,20H,1-4H3,(H,22,24)/t12-/m0/s1. The first-order chi connectivity index (χ1) is 11.9. The van der Waals surface area contributed by atoms with Gasteiger partial charge in [-0.05, 0) is 49.4 Å². The molecule has 6 nitrogen and oxygen atoms in total. The van der Waals surface area contributed by atoms with Crippen molar-refractivity contribution in [3.63, 3.8) is 0 Å². The average Bonchev–Trinajstić information content (AvgIpc) is 2.94. The van der Waals surface area contributed by atoms with Crippen LogP contribution >= 0.6 is 0 Å². The van der Waals surface area contributed by atoms with Gasteiger partial charge in [-0.2, -0.15) is 0 Å². The first kappa shape index (κ1) is 16.8. The summed E-state index contributed by atoms with van der Waals surface area (Å²) in [5.41, 5.74) is 4.19. The summed E-state index contributed by atoms with van der Waals surface area (Å²) in [4.78, 5) is 18.7. The largest absolute Gasteiger partial charge is 0.441 e. The number of amides is 1. The summed E-state index contributed by atoms with van der Waals surface area (Å²) in [7, 11) is 3.96. The van der Waals surface area contributed by atoms with Gasteiger partial charge in [-0.1, -0.05) is 0 Å². The highest BCUT2D eigenvalue weighted by Crippen LogP contribution is 2.21. The highest BCUT2D eigenvalue weighted by Gasteiger charge is 2.14. The van der Waals surface area contributed by atoms with Crippen molar-refractivity contribution in [3.8, 4) is 0 Å². The minimum Gasteiger partial charge on any atom is -0.441 e. The van der Waals surface area contributed by atoms with Crippen LogP contribution in [0.15, 0.2) is 46.9 Å². The van der Waals surface area contributed by atoms with E-state index in [0.29, 0.717) is 5.89 Å². The van der Waals surface area contributed by atoms with E-state index in [1.165, 1.54) is 0 Å². The normalized spacial score (nSPS) is 12.0. The Hall–Kier alpha value is -3.02. The molecule has 0 aliphatic heterocycles. The van der Waals surface area contributed by atoms with Gasteiger partial charge in [0.15, 0.2) is 11.5 Å². The Morgan fingerprint density at radius 1 is 1.12 bits per heavy atom. The number of rotatable bonds is 5. The lowest BCUT2D eigenvalue weighted by molar-refractivity contribution is -0.116. The maximum Gasteiger partial charge on any atom is 0.246 e. The molecule has 6 heteroatoms. The lowest BCUT2D eigenvalue weighted by atomic mass is 10.2. The van der Waals surface area contributed by atoms with Crippen LogP contribution in [0.4, 0.5) is 17.1 Å². The summed E-state index contributed by atoms with van der Waals surface area (Å²) in [5, 5.41) is 6.11. The Bertz CT molecular complexity index is 884. The second-order valence-electron chi connectivity index (χ2n) is 6.21. The molecular formula is C19H22N4O2. The Morgan fingerprint density at radius 3 is 2.48 bits per heavy atom. The maximum absolute atomic E-state index is 12.4. The van der Waals surface area contributed by atoms with E-state index in [1.807, 2.05) is 75.3 Å². The first-order valence-corrected chi connectivity index (χ1v) is 8.14. The number of nitrogens with one attached hydrogen (secondary N) is 2. The smallest absolute Gasteiger partial charge is 0.246 e. The van der Waals surface area contributed by atoms with E-state index in [2.05, 4.69) is 15.6 Å². The maximum atomic E-state index is 12.4. The summed E-state index contributed by atoms with van der Waals surface area (Å²) in [6.45, 7) is 3.63. The number of oxazole rings is 1. The number of carbonyl (C=O) groups excluding carboxylic acids is 1. The monoisotopic (exact) mass is 338 g/mol. The molecule has 3 aromatic rings. The molecule has 0 aliphatic carbocycles. The van der Waals surface area contributed by atoms with Crippen LogP contribution in [0, 0.1) is 6.92 Å². The fourth-order valence-corrected chi connectivity index (χ4v) is 2.54. The van der Waals surface area contributed by atoms with Gasteiger partial charge < -0.3 is 20.0 Å². The van der Waals surface area contributed by atoms with Crippen molar-refractivity contribution in [3.05, 3.63) is 48.4 Å². The van der Waals surface area contributed by atoms with Crippen LogP contribution in [0.3, 0.4) is 0 Å². The third-order valence-corrected chi connectivity index (χ3v) is 3.92. The number of anilines is 3. The molecule has 1 heterocycles. The van der Waals surface area contributed by atoms with E-state index in [-0.39, 0.29) is 11.9 Å². The summed E-state index contributed by atoms with van der Waals surface area (Å²) >= 11 is 0. The number of hydrogen-bond acceptors (Lipinski definition) is 5. The van der Waals surface area contributed by atoms with E-state index in [4.69, 9.17) is 4.42 Å². The molecule has 1 amide bonds. The lowest BCUT2D eigenvalue weighted by Crippen LogP contribution is -2.31. The number of aromatic nitrogens is 1. The number of carbonyl (C=O) groups is 1. The van der Waals surface area contributed by atoms with Crippen molar-refractivity contribution < 1.29 is 9.21 Å². The zero-order valence-corrected chi connectivity index (χ0v) is 14.8. The second kappa shape index (κ2) is 6.84. The SMILES string of the molecule is Cc1nc2cc(N[C@@H](C)C(=O)Nc3ccc(N(C)C)cc3)ccc2o1. The number of nitrogens with zero attached hydrogens (tertiary/aromatic N) is 2. The van der Waals surface area contributed by atoms with Crippen LogP contribution in [-0.4, -0.2) is 31.0 Å². The van der Waals surface area contributed by atoms with E-state index in [0.717, 1.165) is 28.2 Å². The lowest BCUT2D eigenvalue weighted by Gasteiger charge is -2.16. The van der Waals surface area contributed by atoms with Crippen molar-refractivity contribution in [1.29, 1.82) is 0 Å². The van der Waals surface area contributed by atoms with Crippen LogP contribution in [-0.2, 0) is 4.79 Å². The van der Waals surface area contributed by atoms with Crippen LogP contribution in [0.1, 0.15) is 12.8 Å². The molecule has 0 unspecified atom stereocenters. The Morgan fingerprint density at radius 2 is 1.80 bits per heavy atom. The second-order valence-corrected chi connectivity index (χ2v) is 6.21. The predicted molar refractivity (Wildman–Crippen MR) is 101 cm³/mol. The average molecular weight is 338 g/mol. The fourth-order valence-electron chi connectivity index (χ4n) is 2.54. The van der Waals surface area contributed by atoms with Gasteiger partial charge in [0.25, 0.3) is 0 Å². The van der Waals surface area contributed by atoms with Gasteiger partial charge in [0, 0.05) is 38.1 Å². The molecule has 0 fully saturated rings. The number of benzene rings is 2. The molecule has 1 aromatic heterocycles. The minimum absolute atomic E-state index is 0.103. The molecule has 2 aromatic carbocycles. The molecule has 0 radical (unpaired) electrons. The number of hydrogen-bond donors (Lipinski definition) is 2.